The molecule has 1 amide bonds. The predicted octanol–water partition coefficient (Wildman–Crippen LogP) is 0.858. The maximum atomic E-state index is 12.1. The largest absolute Gasteiger partial charge is 0.479 e. The van der Waals surface area contributed by atoms with Crippen LogP contribution in [0.1, 0.15) is 20.3 Å². The number of hydrogen-bond donors (Lipinski definition) is 1. The second-order valence-electron chi connectivity index (χ2n) is 4.62. The average Bonchev–Trinajstić information content (AvgIpc) is 2.41. The lowest BCUT2D eigenvalue weighted by atomic mass is 9.78. The molecule has 2 rings (SSSR count). The highest BCUT2D eigenvalue weighted by atomic mass is 79.9. The van der Waals surface area contributed by atoms with E-state index in [-0.39, 0.29) is 16.6 Å². The van der Waals surface area contributed by atoms with E-state index in [1.807, 2.05) is 0 Å². The molecule has 0 aromatic heterocycles. The molecule has 2 heterocycles. The minimum atomic E-state index is -1.73. The topological polar surface area (TPSA) is 74.7 Å². The zero-order valence-electron chi connectivity index (χ0n) is 9.40. The number of Topliss-reactive ketones (excluding diaryl/α,β-unsaturated/α-hetero) is 1. The summed E-state index contributed by atoms with van der Waals surface area (Å²) in [5.41, 5.74) is -1.73. The number of amides is 1. The molecule has 0 radical (unpaired) electrons. The Bertz CT molecular complexity index is 425. The van der Waals surface area contributed by atoms with Crippen molar-refractivity contribution in [1.82, 2.24) is 4.90 Å². The number of carboxylic acids is 1. The number of carbonyl (C=O) groups excluding carboxylic acids is 2. The van der Waals surface area contributed by atoms with Gasteiger partial charge in [-0.2, -0.15) is 0 Å². The van der Waals surface area contributed by atoms with Gasteiger partial charge in [-0.3, -0.25) is 9.59 Å². The smallest absolute Gasteiger partial charge is 0.339 e. The van der Waals surface area contributed by atoms with E-state index in [1.54, 1.807) is 13.8 Å². The summed E-state index contributed by atoms with van der Waals surface area (Å²) in [6.45, 7) is 3.41. The Balaban J connectivity index is 2.59. The normalized spacial score (nSPS) is 34.2. The summed E-state index contributed by atoms with van der Waals surface area (Å²) in [4.78, 5) is 36.6. The maximum absolute atomic E-state index is 12.1. The van der Waals surface area contributed by atoms with E-state index >= 15 is 0 Å². The molecule has 0 aliphatic carbocycles. The van der Waals surface area contributed by atoms with Gasteiger partial charge >= 0.3 is 5.97 Å². The highest BCUT2D eigenvalue weighted by Crippen LogP contribution is 2.57. The number of alkyl halides is 1. The van der Waals surface area contributed by atoms with Crippen LogP contribution in [0, 0.1) is 0 Å². The average molecular weight is 322 g/mol. The zero-order chi connectivity index (χ0) is 13.0. The summed E-state index contributed by atoms with van der Waals surface area (Å²) in [5.74, 6) is -1.97. The number of ketones is 1. The summed E-state index contributed by atoms with van der Waals surface area (Å²) < 4.78 is -0.819. The standard InChI is InChI=1S/C10H12BrNO4S/c1-9(2)10(8(15)16,5(13)4-11)12-6(14)3-7(12)17-9/h7H,3-4H2,1-2H3,(H,15,16)/t7-,10+/m1/s1. The minimum absolute atomic E-state index is 0.0697. The molecule has 2 atom stereocenters. The fourth-order valence-electron chi connectivity index (χ4n) is 2.65. The predicted molar refractivity (Wildman–Crippen MR) is 66.1 cm³/mol. The number of carboxylic acid groups (broad SMARTS) is 1. The first kappa shape index (κ1) is 12.9. The van der Waals surface area contributed by atoms with E-state index in [9.17, 15) is 19.5 Å². The van der Waals surface area contributed by atoms with Gasteiger partial charge in [0.2, 0.25) is 11.4 Å². The maximum Gasteiger partial charge on any atom is 0.339 e. The molecule has 5 nitrogen and oxygen atoms in total. The molecule has 2 fully saturated rings. The molecule has 2 aliphatic rings. The first-order chi connectivity index (χ1) is 7.79. The minimum Gasteiger partial charge on any atom is -0.479 e. The molecule has 0 aromatic carbocycles. The monoisotopic (exact) mass is 321 g/mol. The van der Waals surface area contributed by atoms with Crippen LogP contribution >= 0.6 is 27.7 Å². The van der Waals surface area contributed by atoms with E-state index < -0.39 is 22.0 Å². The lowest BCUT2D eigenvalue weighted by molar-refractivity contribution is -0.171. The number of fused-ring (bicyclic) bond motifs is 1. The molecule has 0 aromatic rings. The third kappa shape index (κ3) is 1.35. The molecule has 1 N–H and O–H groups in total. The van der Waals surface area contributed by atoms with E-state index in [0.717, 1.165) is 0 Å². The number of rotatable bonds is 3. The molecule has 94 valence electrons. The van der Waals surface area contributed by atoms with Gasteiger partial charge in [0.1, 0.15) is 0 Å². The Morgan fingerprint density at radius 1 is 1.59 bits per heavy atom. The highest BCUT2D eigenvalue weighted by molar-refractivity contribution is 9.09. The third-order valence-electron chi connectivity index (χ3n) is 3.40. The van der Waals surface area contributed by atoms with Gasteiger partial charge in [-0.1, -0.05) is 15.9 Å². The van der Waals surface area contributed by atoms with Gasteiger partial charge in [-0.25, -0.2) is 4.79 Å². The Labute approximate surface area is 111 Å². The van der Waals surface area contributed by atoms with Gasteiger partial charge in [0.05, 0.1) is 21.9 Å². The summed E-state index contributed by atoms with van der Waals surface area (Å²) in [6, 6.07) is 0. The molecule has 2 aliphatic heterocycles. The van der Waals surface area contributed by atoms with Crippen LogP contribution in [0.5, 0.6) is 0 Å². The van der Waals surface area contributed by atoms with Gasteiger partial charge in [-0.15, -0.1) is 11.8 Å². The van der Waals surface area contributed by atoms with Crippen molar-refractivity contribution in [2.24, 2.45) is 0 Å². The number of carbonyl (C=O) groups is 3. The highest BCUT2D eigenvalue weighted by Gasteiger charge is 2.72. The molecular formula is C10H12BrNO4S. The second kappa shape index (κ2) is 3.71. The van der Waals surface area contributed by atoms with Crippen molar-refractivity contribution in [2.75, 3.05) is 5.33 Å². The molecule has 2 saturated heterocycles. The first-order valence-corrected chi connectivity index (χ1v) is 7.11. The van der Waals surface area contributed by atoms with Gasteiger partial charge in [0.15, 0.2) is 5.78 Å². The van der Waals surface area contributed by atoms with Crippen LogP contribution in [0.4, 0.5) is 0 Å². The molecule has 0 spiro atoms. The van der Waals surface area contributed by atoms with Crippen molar-refractivity contribution in [2.45, 2.75) is 35.9 Å². The molecule has 7 heteroatoms. The van der Waals surface area contributed by atoms with Crippen LogP contribution < -0.4 is 0 Å². The molecule has 0 bridgehead atoms. The zero-order valence-corrected chi connectivity index (χ0v) is 11.8. The van der Waals surface area contributed by atoms with E-state index in [2.05, 4.69) is 15.9 Å². The van der Waals surface area contributed by atoms with Crippen LogP contribution in [0.25, 0.3) is 0 Å². The Morgan fingerprint density at radius 2 is 2.18 bits per heavy atom. The summed E-state index contributed by atoms with van der Waals surface area (Å²) in [6.07, 6.45) is 0.318. The molecular weight excluding hydrogens is 310 g/mol. The third-order valence-corrected chi connectivity index (χ3v) is 5.45. The fraction of sp³-hybridized carbons (Fsp3) is 0.700. The molecule has 0 unspecified atom stereocenters. The van der Waals surface area contributed by atoms with Gasteiger partial charge < -0.3 is 10.0 Å². The van der Waals surface area contributed by atoms with Gasteiger partial charge in [0, 0.05) is 0 Å². The summed E-state index contributed by atoms with van der Waals surface area (Å²) >= 11 is 4.39. The van der Waals surface area contributed by atoms with Gasteiger partial charge in [-0.05, 0) is 13.8 Å². The number of thioether (sulfide) groups is 1. The molecule has 17 heavy (non-hydrogen) atoms. The fourth-order valence-corrected chi connectivity index (χ4v) is 4.81. The van der Waals surface area contributed by atoms with E-state index in [1.165, 1.54) is 16.7 Å². The Kier molecular flexibility index (Phi) is 2.82. The van der Waals surface area contributed by atoms with Crippen LogP contribution in [-0.2, 0) is 14.4 Å². The van der Waals surface area contributed by atoms with E-state index in [4.69, 9.17) is 0 Å². The lowest BCUT2D eigenvalue weighted by Gasteiger charge is -2.44. The Hall–Kier alpha value is -0.560. The van der Waals surface area contributed by atoms with Crippen molar-refractivity contribution in [1.29, 1.82) is 0 Å². The van der Waals surface area contributed by atoms with E-state index in [0.29, 0.717) is 6.42 Å². The number of β-lactam (4-membered cyclic amide) rings is 1. The number of aliphatic carboxylic acids is 1. The van der Waals surface area contributed by atoms with Crippen molar-refractivity contribution >= 4 is 45.4 Å². The van der Waals surface area contributed by atoms with Crippen molar-refractivity contribution in [3.63, 3.8) is 0 Å². The molecule has 0 saturated carbocycles. The van der Waals surface area contributed by atoms with Crippen LogP contribution in [0.2, 0.25) is 0 Å². The van der Waals surface area contributed by atoms with Crippen LogP contribution in [-0.4, -0.2) is 48.7 Å². The second-order valence-corrected chi connectivity index (χ2v) is 6.98. The van der Waals surface area contributed by atoms with Crippen molar-refractivity contribution in [3.05, 3.63) is 0 Å². The van der Waals surface area contributed by atoms with Crippen LogP contribution in [0.15, 0.2) is 0 Å². The summed E-state index contributed by atoms with van der Waals surface area (Å²) in [7, 11) is 0. The van der Waals surface area contributed by atoms with Crippen molar-refractivity contribution in [3.8, 4) is 0 Å². The summed E-state index contributed by atoms with van der Waals surface area (Å²) in [5, 5.41) is 9.24. The van der Waals surface area contributed by atoms with Crippen molar-refractivity contribution < 1.29 is 19.5 Å². The number of halogens is 1. The quantitative estimate of drug-likeness (QED) is 0.474. The number of hydrogen-bond acceptors (Lipinski definition) is 4. The van der Waals surface area contributed by atoms with Gasteiger partial charge in [0.25, 0.3) is 0 Å². The lowest BCUT2D eigenvalue weighted by Crippen LogP contribution is -2.71. The first-order valence-electron chi connectivity index (χ1n) is 5.11. The van der Waals surface area contributed by atoms with Crippen LogP contribution in [0.3, 0.4) is 0 Å². The number of nitrogens with zero attached hydrogens (tertiary/aromatic N) is 1. The SMILES string of the molecule is CC1(C)S[C@@H]2CC(=O)N2[C@]1(C(=O)O)C(=O)CBr. The Morgan fingerprint density at radius 3 is 2.59 bits per heavy atom.